The minimum absolute atomic E-state index is 0.0260. The third-order valence-electron chi connectivity index (χ3n) is 4.08. The standard InChI is InChI=1S/C21H25N3O5S/c1-3-11-23-30(27,28)19-9-5-8-18(14-19)21(26)24(13-10-20(25)29-4-2)16-17-7-6-12-22-15-17/h3,5-9,12,14-15,23H,1,4,10-11,13,16H2,2H3. The van der Waals surface area contributed by atoms with Crippen molar-refractivity contribution in [2.75, 3.05) is 19.7 Å². The molecule has 0 bridgehead atoms. The molecule has 0 aliphatic heterocycles. The summed E-state index contributed by atoms with van der Waals surface area (Å²) in [6.07, 6.45) is 4.71. The number of rotatable bonds is 11. The zero-order chi connectivity index (χ0) is 22.0. The number of carbonyl (C=O) groups is 2. The van der Waals surface area contributed by atoms with Crippen LogP contribution in [0.2, 0.25) is 0 Å². The maximum absolute atomic E-state index is 13.1. The quantitative estimate of drug-likeness (QED) is 0.432. The number of nitrogens with zero attached hydrogens (tertiary/aromatic N) is 2. The summed E-state index contributed by atoms with van der Waals surface area (Å²) in [7, 11) is -3.77. The Morgan fingerprint density at radius 3 is 2.73 bits per heavy atom. The second kappa shape index (κ2) is 11.2. The lowest BCUT2D eigenvalue weighted by atomic mass is 10.1. The average Bonchev–Trinajstić information content (AvgIpc) is 2.75. The van der Waals surface area contributed by atoms with Crippen LogP contribution in [0, 0.1) is 0 Å². The molecular formula is C21H25N3O5S. The van der Waals surface area contributed by atoms with Gasteiger partial charge in [0.25, 0.3) is 5.91 Å². The predicted molar refractivity (Wildman–Crippen MR) is 112 cm³/mol. The Balaban J connectivity index is 2.26. The molecule has 1 aromatic carbocycles. The van der Waals surface area contributed by atoms with Gasteiger partial charge in [0.15, 0.2) is 0 Å². The molecule has 0 fully saturated rings. The molecule has 1 heterocycles. The highest BCUT2D eigenvalue weighted by Crippen LogP contribution is 2.15. The van der Waals surface area contributed by atoms with Crippen molar-refractivity contribution in [1.82, 2.24) is 14.6 Å². The number of hydrogen-bond donors (Lipinski definition) is 1. The third-order valence-corrected chi connectivity index (χ3v) is 5.50. The van der Waals surface area contributed by atoms with Crippen molar-refractivity contribution in [3.8, 4) is 0 Å². The van der Waals surface area contributed by atoms with Gasteiger partial charge in [0.1, 0.15) is 0 Å². The summed E-state index contributed by atoms with van der Waals surface area (Å²) >= 11 is 0. The smallest absolute Gasteiger partial charge is 0.307 e. The van der Waals surface area contributed by atoms with Gasteiger partial charge in [-0.3, -0.25) is 14.6 Å². The van der Waals surface area contributed by atoms with Gasteiger partial charge in [-0.25, -0.2) is 13.1 Å². The third kappa shape index (κ3) is 6.78. The molecule has 2 rings (SSSR count). The maximum Gasteiger partial charge on any atom is 0.307 e. The van der Waals surface area contributed by atoms with E-state index in [4.69, 9.17) is 4.74 Å². The number of hydrogen-bond acceptors (Lipinski definition) is 6. The Morgan fingerprint density at radius 1 is 1.27 bits per heavy atom. The van der Waals surface area contributed by atoms with Crippen LogP contribution in [0.15, 0.2) is 66.3 Å². The molecule has 0 atom stereocenters. The summed E-state index contributed by atoms with van der Waals surface area (Å²) in [4.78, 5) is 30.4. The minimum atomic E-state index is -3.77. The van der Waals surface area contributed by atoms with E-state index in [9.17, 15) is 18.0 Å². The Bertz CT molecular complexity index is 977. The maximum atomic E-state index is 13.1. The normalized spacial score (nSPS) is 11.0. The van der Waals surface area contributed by atoms with E-state index in [1.807, 2.05) is 6.07 Å². The van der Waals surface area contributed by atoms with Crippen LogP contribution in [-0.4, -0.2) is 49.9 Å². The van der Waals surface area contributed by atoms with Gasteiger partial charge in [-0.05, 0) is 36.8 Å². The van der Waals surface area contributed by atoms with Crippen molar-refractivity contribution in [3.05, 3.63) is 72.6 Å². The van der Waals surface area contributed by atoms with E-state index in [0.29, 0.717) is 0 Å². The van der Waals surface area contributed by atoms with Gasteiger partial charge in [-0.15, -0.1) is 6.58 Å². The van der Waals surface area contributed by atoms with E-state index in [1.54, 1.807) is 25.4 Å². The van der Waals surface area contributed by atoms with E-state index >= 15 is 0 Å². The largest absolute Gasteiger partial charge is 0.466 e. The second-order valence-electron chi connectivity index (χ2n) is 6.31. The fraction of sp³-hybridized carbons (Fsp3) is 0.286. The van der Waals surface area contributed by atoms with Crippen LogP contribution in [0.1, 0.15) is 29.3 Å². The first-order valence-electron chi connectivity index (χ1n) is 9.41. The molecule has 0 saturated heterocycles. The van der Waals surface area contributed by atoms with Crippen molar-refractivity contribution < 1.29 is 22.7 Å². The van der Waals surface area contributed by atoms with Crippen molar-refractivity contribution in [2.24, 2.45) is 0 Å². The molecule has 8 nitrogen and oxygen atoms in total. The highest BCUT2D eigenvalue weighted by atomic mass is 32.2. The van der Waals surface area contributed by atoms with Gasteiger partial charge in [-0.1, -0.05) is 18.2 Å². The number of carbonyl (C=O) groups excluding carboxylic acids is 2. The fourth-order valence-corrected chi connectivity index (χ4v) is 3.70. The predicted octanol–water partition coefficient (Wildman–Crippen LogP) is 2.14. The molecule has 1 amide bonds. The lowest BCUT2D eigenvalue weighted by Gasteiger charge is -2.23. The topological polar surface area (TPSA) is 106 Å². The fourth-order valence-electron chi connectivity index (χ4n) is 2.65. The average molecular weight is 432 g/mol. The van der Waals surface area contributed by atoms with Crippen LogP contribution in [0.3, 0.4) is 0 Å². The second-order valence-corrected chi connectivity index (χ2v) is 8.08. The Morgan fingerprint density at radius 2 is 2.07 bits per heavy atom. The molecule has 0 unspecified atom stereocenters. The summed E-state index contributed by atoms with van der Waals surface area (Å²) < 4.78 is 32.0. The number of amides is 1. The molecule has 0 spiro atoms. The molecule has 0 saturated carbocycles. The van der Waals surface area contributed by atoms with Crippen molar-refractivity contribution in [2.45, 2.75) is 24.8 Å². The highest BCUT2D eigenvalue weighted by molar-refractivity contribution is 7.89. The zero-order valence-electron chi connectivity index (χ0n) is 16.8. The molecule has 0 radical (unpaired) electrons. The Kier molecular flexibility index (Phi) is 8.70. The number of aromatic nitrogens is 1. The molecule has 160 valence electrons. The number of sulfonamides is 1. The van der Waals surface area contributed by atoms with Crippen LogP contribution < -0.4 is 4.72 Å². The van der Waals surface area contributed by atoms with Gasteiger partial charge < -0.3 is 9.64 Å². The van der Waals surface area contributed by atoms with Crippen molar-refractivity contribution in [3.63, 3.8) is 0 Å². The first-order chi connectivity index (χ1) is 14.4. The number of pyridine rings is 1. The van der Waals surface area contributed by atoms with E-state index in [0.717, 1.165) is 5.56 Å². The minimum Gasteiger partial charge on any atom is -0.466 e. The lowest BCUT2D eigenvalue weighted by Crippen LogP contribution is -2.33. The summed E-state index contributed by atoms with van der Waals surface area (Å²) in [5.74, 6) is -0.810. The molecule has 1 N–H and O–H groups in total. The first-order valence-corrected chi connectivity index (χ1v) is 10.9. The SMILES string of the molecule is C=CCNS(=O)(=O)c1cccc(C(=O)N(CCC(=O)OCC)Cc2cccnc2)c1. The van der Waals surface area contributed by atoms with Crippen LogP contribution in [-0.2, 0) is 26.1 Å². The number of esters is 1. The monoisotopic (exact) mass is 431 g/mol. The van der Waals surface area contributed by atoms with E-state index < -0.39 is 21.9 Å². The van der Waals surface area contributed by atoms with Gasteiger partial charge in [-0.2, -0.15) is 0 Å². The molecule has 9 heteroatoms. The first kappa shape index (κ1) is 23.2. The van der Waals surface area contributed by atoms with Crippen LogP contribution in [0.4, 0.5) is 0 Å². The zero-order valence-corrected chi connectivity index (χ0v) is 17.6. The number of ether oxygens (including phenoxy) is 1. The summed E-state index contributed by atoms with van der Waals surface area (Å²) in [6.45, 7) is 5.87. The van der Waals surface area contributed by atoms with Gasteiger partial charge in [0, 0.05) is 37.6 Å². The van der Waals surface area contributed by atoms with Gasteiger partial charge in [0.2, 0.25) is 10.0 Å². The van der Waals surface area contributed by atoms with Crippen LogP contribution in [0.25, 0.3) is 0 Å². The molecule has 2 aromatic rings. The Hall–Kier alpha value is -3.04. The van der Waals surface area contributed by atoms with Crippen LogP contribution in [0.5, 0.6) is 0 Å². The summed E-state index contributed by atoms with van der Waals surface area (Å²) in [5.41, 5.74) is 0.982. The van der Waals surface area contributed by atoms with Crippen LogP contribution >= 0.6 is 0 Å². The molecule has 0 aliphatic carbocycles. The van der Waals surface area contributed by atoms with E-state index in [2.05, 4.69) is 16.3 Å². The summed E-state index contributed by atoms with van der Waals surface area (Å²) in [5, 5.41) is 0. The summed E-state index contributed by atoms with van der Waals surface area (Å²) in [6, 6.07) is 9.33. The lowest BCUT2D eigenvalue weighted by molar-refractivity contribution is -0.143. The van der Waals surface area contributed by atoms with E-state index in [-0.39, 0.29) is 43.1 Å². The van der Waals surface area contributed by atoms with Gasteiger partial charge >= 0.3 is 5.97 Å². The molecule has 0 aliphatic rings. The molecule has 30 heavy (non-hydrogen) atoms. The van der Waals surface area contributed by atoms with Crippen molar-refractivity contribution in [1.29, 1.82) is 0 Å². The number of nitrogens with one attached hydrogen (secondary N) is 1. The van der Waals surface area contributed by atoms with E-state index in [1.165, 1.54) is 35.2 Å². The van der Waals surface area contributed by atoms with Gasteiger partial charge in [0.05, 0.1) is 17.9 Å². The Labute approximate surface area is 176 Å². The molecular weight excluding hydrogens is 406 g/mol. The molecule has 1 aromatic heterocycles. The van der Waals surface area contributed by atoms with Crippen molar-refractivity contribution >= 4 is 21.9 Å². The number of benzene rings is 1. The highest BCUT2D eigenvalue weighted by Gasteiger charge is 2.21.